The van der Waals surface area contributed by atoms with Gasteiger partial charge in [-0.15, -0.1) is 0 Å². The van der Waals surface area contributed by atoms with Crippen LogP contribution in [0.25, 0.3) is 0 Å². The predicted molar refractivity (Wildman–Crippen MR) is 77.6 cm³/mol. The molecule has 1 atom stereocenters. The first-order chi connectivity index (χ1) is 9.19. The number of benzene rings is 1. The van der Waals surface area contributed by atoms with Gasteiger partial charge >= 0.3 is 0 Å². The lowest BCUT2D eigenvalue weighted by Crippen LogP contribution is -2.31. The summed E-state index contributed by atoms with van der Waals surface area (Å²) in [7, 11) is 0. The molecule has 0 aliphatic carbocycles. The van der Waals surface area contributed by atoms with Gasteiger partial charge in [-0.25, -0.2) is 5.43 Å². The largest absolute Gasteiger partial charge is 0.271 e. The number of aryl methyl sites for hydroxylation is 3. The van der Waals surface area contributed by atoms with Crippen molar-refractivity contribution in [1.29, 1.82) is 0 Å². The molecule has 0 radical (unpaired) electrons. The van der Waals surface area contributed by atoms with Crippen LogP contribution in [0, 0.1) is 13.8 Å². The van der Waals surface area contributed by atoms with Gasteiger partial charge in [0, 0.05) is 12.7 Å². The highest BCUT2D eigenvalue weighted by molar-refractivity contribution is 5.40. The van der Waals surface area contributed by atoms with Crippen LogP contribution >= 0.6 is 0 Å². The van der Waals surface area contributed by atoms with Crippen LogP contribution in [0.1, 0.15) is 41.8 Å². The second-order valence-electron chi connectivity index (χ2n) is 4.88. The summed E-state index contributed by atoms with van der Waals surface area (Å²) in [4.78, 5) is 0. The number of hydrazine groups is 1. The highest BCUT2D eigenvalue weighted by atomic mass is 15.3. The molecule has 0 amide bonds. The van der Waals surface area contributed by atoms with Crippen LogP contribution in [0.15, 0.2) is 30.5 Å². The second kappa shape index (κ2) is 5.99. The van der Waals surface area contributed by atoms with Crippen molar-refractivity contribution < 1.29 is 0 Å². The zero-order valence-electron chi connectivity index (χ0n) is 11.9. The third-order valence-corrected chi connectivity index (χ3v) is 3.48. The summed E-state index contributed by atoms with van der Waals surface area (Å²) in [5.74, 6) is 5.81. The average Bonchev–Trinajstić information content (AvgIpc) is 2.83. The standard InChI is InChI=1S/C15H22N4/c1-4-10-19-13(8-9-17-19)15(18-16)14-11(2)6-5-7-12(14)3/h5-9,15,18H,4,10,16H2,1-3H3. The maximum atomic E-state index is 5.81. The van der Waals surface area contributed by atoms with Crippen molar-refractivity contribution >= 4 is 0 Å². The molecule has 0 spiro atoms. The zero-order valence-corrected chi connectivity index (χ0v) is 11.9. The van der Waals surface area contributed by atoms with Crippen LogP contribution in [0.4, 0.5) is 0 Å². The Hall–Kier alpha value is -1.65. The van der Waals surface area contributed by atoms with Crippen molar-refractivity contribution in [2.75, 3.05) is 0 Å². The highest BCUT2D eigenvalue weighted by Gasteiger charge is 2.20. The Morgan fingerprint density at radius 2 is 1.95 bits per heavy atom. The Morgan fingerprint density at radius 3 is 2.53 bits per heavy atom. The molecule has 0 fully saturated rings. The first kappa shape index (κ1) is 13.8. The maximum Gasteiger partial charge on any atom is 0.0883 e. The van der Waals surface area contributed by atoms with Gasteiger partial charge in [-0.05, 0) is 43.0 Å². The fraction of sp³-hybridized carbons (Fsp3) is 0.400. The Morgan fingerprint density at radius 1 is 1.26 bits per heavy atom. The zero-order chi connectivity index (χ0) is 13.8. The first-order valence-electron chi connectivity index (χ1n) is 6.73. The summed E-state index contributed by atoms with van der Waals surface area (Å²) in [5.41, 5.74) is 7.78. The lowest BCUT2D eigenvalue weighted by Gasteiger charge is -2.22. The van der Waals surface area contributed by atoms with Gasteiger partial charge in [0.25, 0.3) is 0 Å². The lowest BCUT2D eigenvalue weighted by atomic mass is 9.94. The molecular formula is C15H22N4. The minimum atomic E-state index is -0.0183. The topological polar surface area (TPSA) is 55.9 Å². The summed E-state index contributed by atoms with van der Waals surface area (Å²) < 4.78 is 2.02. The van der Waals surface area contributed by atoms with Crippen LogP contribution in [0.5, 0.6) is 0 Å². The van der Waals surface area contributed by atoms with Gasteiger partial charge in [-0.2, -0.15) is 5.10 Å². The van der Waals surface area contributed by atoms with Gasteiger partial charge in [0.2, 0.25) is 0 Å². The van der Waals surface area contributed by atoms with Gasteiger partial charge in [0.15, 0.2) is 0 Å². The van der Waals surface area contributed by atoms with Crippen LogP contribution in [-0.4, -0.2) is 9.78 Å². The molecule has 0 aliphatic heterocycles. The summed E-state index contributed by atoms with van der Waals surface area (Å²) in [6.07, 6.45) is 2.89. The number of hydrogen-bond donors (Lipinski definition) is 2. The second-order valence-corrected chi connectivity index (χ2v) is 4.88. The number of nitrogens with one attached hydrogen (secondary N) is 1. The minimum Gasteiger partial charge on any atom is -0.271 e. The van der Waals surface area contributed by atoms with Crippen molar-refractivity contribution in [3.8, 4) is 0 Å². The molecule has 1 aromatic carbocycles. The molecule has 102 valence electrons. The Bertz CT molecular complexity index is 525. The summed E-state index contributed by atoms with van der Waals surface area (Å²) >= 11 is 0. The molecule has 2 rings (SSSR count). The third kappa shape index (κ3) is 2.69. The van der Waals surface area contributed by atoms with Gasteiger partial charge < -0.3 is 0 Å². The first-order valence-corrected chi connectivity index (χ1v) is 6.73. The molecule has 0 saturated carbocycles. The van der Waals surface area contributed by atoms with E-state index >= 15 is 0 Å². The molecule has 1 unspecified atom stereocenters. The normalized spacial score (nSPS) is 12.6. The molecule has 3 N–H and O–H groups in total. The van der Waals surface area contributed by atoms with E-state index in [4.69, 9.17) is 5.84 Å². The van der Waals surface area contributed by atoms with Crippen LogP contribution in [0.2, 0.25) is 0 Å². The summed E-state index contributed by atoms with van der Waals surface area (Å²) in [5, 5.41) is 4.38. The maximum absolute atomic E-state index is 5.81. The molecule has 0 saturated heterocycles. The molecule has 0 aliphatic rings. The van der Waals surface area contributed by atoms with Gasteiger partial charge in [0.05, 0.1) is 11.7 Å². The van der Waals surface area contributed by atoms with Gasteiger partial charge in [-0.3, -0.25) is 10.5 Å². The fourth-order valence-electron chi connectivity index (χ4n) is 2.59. The van der Waals surface area contributed by atoms with Crippen LogP contribution < -0.4 is 11.3 Å². The highest BCUT2D eigenvalue weighted by Crippen LogP contribution is 2.27. The fourth-order valence-corrected chi connectivity index (χ4v) is 2.59. The van der Waals surface area contributed by atoms with E-state index in [0.717, 1.165) is 18.7 Å². The van der Waals surface area contributed by atoms with E-state index in [-0.39, 0.29) is 6.04 Å². The van der Waals surface area contributed by atoms with Crippen molar-refractivity contribution in [3.05, 3.63) is 52.8 Å². The Labute approximate surface area is 114 Å². The Balaban J connectivity index is 2.47. The Kier molecular flexibility index (Phi) is 4.35. The minimum absolute atomic E-state index is 0.0183. The van der Waals surface area contributed by atoms with Crippen molar-refractivity contribution in [1.82, 2.24) is 15.2 Å². The lowest BCUT2D eigenvalue weighted by molar-refractivity contribution is 0.519. The van der Waals surface area contributed by atoms with E-state index in [1.807, 2.05) is 16.9 Å². The van der Waals surface area contributed by atoms with Gasteiger partial charge in [-0.1, -0.05) is 25.1 Å². The third-order valence-electron chi connectivity index (χ3n) is 3.48. The van der Waals surface area contributed by atoms with Gasteiger partial charge in [0.1, 0.15) is 0 Å². The molecule has 1 heterocycles. The van der Waals surface area contributed by atoms with Crippen molar-refractivity contribution in [2.24, 2.45) is 5.84 Å². The van der Waals surface area contributed by atoms with E-state index < -0.39 is 0 Å². The van der Waals surface area contributed by atoms with Crippen LogP contribution in [-0.2, 0) is 6.54 Å². The van der Waals surface area contributed by atoms with E-state index in [1.54, 1.807) is 0 Å². The quantitative estimate of drug-likeness (QED) is 0.640. The van der Waals surface area contributed by atoms with E-state index in [9.17, 15) is 0 Å². The van der Waals surface area contributed by atoms with E-state index in [0.29, 0.717) is 0 Å². The number of nitrogens with zero attached hydrogens (tertiary/aromatic N) is 2. The molecule has 19 heavy (non-hydrogen) atoms. The monoisotopic (exact) mass is 258 g/mol. The van der Waals surface area contributed by atoms with Crippen molar-refractivity contribution in [2.45, 2.75) is 39.8 Å². The summed E-state index contributed by atoms with van der Waals surface area (Å²) in [6, 6.07) is 8.33. The van der Waals surface area contributed by atoms with Crippen LogP contribution in [0.3, 0.4) is 0 Å². The molecule has 0 bridgehead atoms. The number of nitrogens with two attached hydrogens (primary N) is 1. The average molecular weight is 258 g/mol. The SMILES string of the molecule is CCCn1nccc1C(NN)c1c(C)cccc1C. The molecule has 1 aromatic heterocycles. The summed E-state index contributed by atoms with van der Waals surface area (Å²) in [6.45, 7) is 7.29. The molecular weight excluding hydrogens is 236 g/mol. The smallest absolute Gasteiger partial charge is 0.0883 e. The predicted octanol–water partition coefficient (Wildman–Crippen LogP) is 2.46. The van der Waals surface area contributed by atoms with E-state index in [2.05, 4.69) is 49.5 Å². The number of hydrogen-bond acceptors (Lipinski definition) is 3. The van der Waals surface area contributed by atoms with E-state index in [1.165, 1.54) is 16.7 Å². The van der Waals surface area contributed by atoms with Crippen molar-refractivity contribution in [3.63, 3.8) is 0 Å². The molecule has 4 heteroatoms. The molecule has 2 aromatic rings. The number of aromatic nitrogens is 2. The number of rotatable bonds is 5. The molecule has 4 nitrogen and oxygen atoms in total.